The van der Waals surface area contributed by atoms with E-state index in [4.69, 9.17) is 22.6 Å². The fourth-order valence-corrected chi connectivity index (χ4v) is 1.58. The SMILES string of the molecule is CCC(Cl)(Cc1c[c]c(F)cc1C#N)C(N)=O. The Bertz CT molecular complexity index is 484. The van der Waals surface area contributed by atoms with Gasteiger partial charge in [-0.1, -0.05) is 6.92 Å². The molecule has 1 unspecified atom stereocenters. The van der Waals surface area contributed by atoms with E-state index in [2.05, 4.69) is 6.07 Å². The van der Waals surface area contributed by atoms with E-state index in [1.54, 1.807) is 6.92 Å². The third-order valence-electron chi connectivity index (χ3n) is 2.59. The largest absolute Gasteiger partial charge is 0.368 e. The number of nitriles is 1. The summed E-state index contributed by atoms with van der Waals surface area (Å²) >= 11 is 6.07. The first-order valence-corrected chi connectivity index (χ1v) is 5.39. The molecule has 1 atom stereocenters. The number of amides is 1. The third-order valence-corrected chi connectivity index (χ3v) is 3.18. The van der Waals surface area contributed by atoms with Crippen molar-refractivity contribution in [1.29, 1.82) is 5.26 Å². The first-order chi connectivity index (χ1) is 7.92. The Morgan fingerprint density at radius 3 is 2.88 bits per heavy atom. The third kappa shape index (κ3) is 2.95. The molecule has 1 aromatic rings. The number of rotatable bonds is 4. The lowest BCUT2D eigenvalue weighted by Gasteiger charge is -2.22. The zero-order valence-corrected chi connectivity index (χ0v) is 10.0. The highest BCUT2D eigenvalue weighted by atomic mass is 35.5. The first-order valence-electron chi connectivity index (χ1n) is 5.02. The average Bonchev–Trinajstić information content (AvgIpc) is 2.30. The van der Waals surface area contributed by atoms with Gasteiger partial charge >= 0.3 is 0 Å². The summed E-state index contributed by atoms with van der Waals surface area (Å²) in [6.45, 7) is 1.72. The molecule has 0 aromatic heterocycles. The fraction of sp³-hybridized carbons (Fsp3) is 0.333. The van der Waals surface area contributed by atoms with E-state index in [1.807, 2.05) is 6.07 Å². The number of benzene rings is 1. The maximum atomic E-state index is 12.9. The predicted molar refractivity (Wildman–Crippen MR) is 61.7 cm³/mol. The number of hydrogen-bond acceptors (Lipinski definition) is 2. The normalized spacial score (nSPS) is 13.8. The van der Waals surface area contributed by atoms with Crippen molar-refractivity contribution in [2.75, 3.05) is 0 Å². The Hall–Kier alpha value is -1.60. The maximum absolute atomic E-state index is 12.9. The highest BCUT2D eigenvalue weighted by molar-refractivity contribution is 6.34. The second kappa shape index (κ2) is 5.15. The lowest BCUT2D eigenvalue weighted by atomic mass is 9.92. The molecule has 0 spiro atoms. The highest BCUT2D eigenvalue weighted by Gasteiger charge is 2.33. The number of halogens is 2. The van der Waals surface area contributed by atoms with Crippen LogP contribution in [0.4, 0.5) is 4.39 Å². The zero-order chi connectivity index (χ0) is 13.1. The number of nitrogens with zero attached hydrogens (tertiary/aromatic N) is 1. The molecule has 0 heterocycles. The summed E-state index contributed by atoms with van der Waals surface area (Å²) in [6.07, 6.45) is 0.409. The lowest BCUT2D eigenvalue weighted by Crippen LogP contribution is -2.40. The van der Waals surface area contributed by atoms with Gasteiger partial charge in [-0.3, -0.25) is 4.79 Å². The monoisotopic (exact) mass is 253 g/mol. The minimum absolute atomic E-state index is 0.0834. The van der Waals surface area contributed by atoms with Gasteiger partial charge in [0, 0.05) is 12.5 Å². The van der Waals surface area contributed by atoms with E-state index in [0.29, 0.717) is 12.0 Å². The zero-order valence-electron chi connectivity index (χ0n) is 9.26. The van der Waals surface area contributed by atoms with Crippen LogP contribution in [-0.4, -0.2) is 10.8 Å². The molecule has 3 nitrogen and oxygen atoms in total. The van der Waals surface area contributed by atoms with Crippen LogP contribution in [0.3, 0.4) is 0 Å². The summed E-state index contributed by atoms with van der Waals surface area (Å²) in [4.78, 5) is 9.99. The van der Waals surface area contributed by atoms with E-state index in [9.17, 15) is 9.18 Å². The van der Waals surface area contributed by atoms with Crippen LogP contribution in [0.1, 0.15) is 24.5 Å². The highest BCUT2D eigenvalue weighted by Crippen LogP contribution is 2.26. The van der Waals surface area contributed by atoms with Gasteiger partial charge in [0.2, 0.25) is 5.91 Å². The van der Waals surface area contributed by atoms with Crippen LogP contribution in [0.15, 0.2) is 12.1 Å². The van der Waals surface area contributed by atoms with Crippen molar-refractivity contribution < 1.29 is 9.18 Å². The van der Waals surface area contributed by atoms with Crippen LogP contribution in [-0.2, 0) is 11.2 Å². The molecule has 0 saturated carbocycles. The van der Waals surface area contributed by atoms with Crippen molar-refractivity contribution in [2.24, 2.45) is 5.73 Å². The molecule has 0 aliphatic rings. The van der Waals surface area contributed by atoms with Gasteiger partial charge in [-0.05, 0) is 24.1 Å². The molecule has 1 radical (unpaired) electrons. The Balaban J connectivity index is 3.11. The first kappa shape index (κ1) is 13.5. The van der Waals surface area contributed by atoms with E-state index < -0.39 is 16.6 Å². The molecular weight excluding hydrogens is 243 g/mol. The van der Waals surface area contributed by atoms with Gasteiger partial charge in [-0.25, -0.2) is 4.39 Å². The summed E-state index contributed by atoms with van der Waals surface area (Å²) < 4.78 is 12.9. The van der Waals surface area contributed by atoms with E-state index in [-0.39, 0.29) is 12.0 Å². The van der Waals surface area contributed by atoms with E-state index in [0.717, 1.165) is 6.07 Å². The molecule has 0 aliphatic carbocycles. The maximum Gasteiger partial charge on any atom is 0.238 e. The summed E-state index contributed by atoms with van der Waals surface area (Å²) in [5, 5.41) is 8.86. The molecule has 5 heteroatoms. The van der Waals surface area contributed by atoms with E-state index >= 15 is 0 Å². The molecular formula is C12H11ClFN2O. The summed E-state index contributed by atoms with van der Waals surface area (Å²) in [6, 6.07) is 6.56. The van der Waals surface area contributed by atoms with Crippen LogP contribution in [0.2, 0.25) is 0 Å². The number of hydrogen-bond donors (Lipinski definition) is 1. The number of alkyl halides is 1. The van der Waals surface area contributed by atoms with Gasteiger partial charge in [-0.2, -0.15) is 5.26 Å². The van der Waals surface area contributed by atoms with E-state index in [1.165, 1.54) is 6.07 Å². The van der Waals surface area contributed by atoms with Crippen LogP contribution in [0.25, 0.3) is 0 Å². The van der Waals surface area contributed by atoms with Crippen LogP contribution in [0, 0.1) is 23.2 Å². The van der Waals surface area contributed by atoms with Gasteiger partial charge in [0.25, 0.3) is 0 Å². The molecule has 0 aliphatic heterocycles. The fourth-order valence-electron chi connectivity index (χ4n) is 1.43. The van der Waals surface area contributed by atoms with Crippen LogP contribution in [0.5, 0.6) is 0 Å². The minimum atomic E-state index is -1.25. The molecule has 2 N–H and O–H groups in total. The summed E-state index contributed by atoms with van der Waals surface area (Å²) in [5.41, 5.74) is 5.82. The Morgan fingerprint density at radius 2 is 2.41 bits per heavy atom. The standard InChI is InChI=1S/C12H11ClFN2O/c1-2-12(13,11(16)17)6-8-3-4-10(14)5-9(8)7-15/h3,5H,2,6H2,1H3,(H2,16,17). The molecule has 0 saturated heterocycles. The molecule has 1 amide bonds. The van der Waals surface area contributed by atoms with Gasteiger partial charge in [-0.15, -0.1) is 11.6 Å². The average molecular weight is 254 g/mol. The van der Waals surface area contributed by atoms with Crippen molar-refractivity contribution in [3.05, 3.63) is 35.1 Å². The van der Waals surface area contributed by atoms with Gasteiger partial charge < -0.3 is 5.73 Å². The number of nitrogens with two attached hydrogens (primary N) is 1. The van der Waals surface area contributed by atoms with Crippen molar-refractivity contribution in [2.45, 2.75) is 24.6 Å². The van der Waals surface area contributed by atoms with Gasteiger partial charge in [0.15, 0.2) is 0 Å². The second-order valence-electron chi connectivity index (χ2n) is 3.69. The topological polar surface area (TPSA) is 66.9 Å². The minimum Gasteiger partial charge on any atom is -0.368 e. The molecule has 17 heavy (non-hydrogen) atoms. The Labute approximate surface area is 104 Å². The van der Waals surface area contributed by atoms with Gasteiger partial charge in [0.1, 0.15) is 10.7 Å². The van der Waals surface area contributed by atoms with Crippen molar-refractivity contribution >= 4 is 17.5 Å². The lowest BCUT2D eigenvalue weighted by molar-refractivity contribution is -0.120. The smallest absolute Gasteiger partial charge is 0.238 e. The molecule has 0 bridgehead atoms. The molecule has 1 aromatic carbocycles. The Kier molecular flexibility index (Phi) is 4.08. The van der Waals surface area contributed by atoms with Crippen LogP contribution >= 0.6 is 11.6 Å². The van der Waals surface area contributed by atoms with Crippen molar-refractivity contribution in [3.63, 3.8) is 0 Å². The van der Waals surface area contributed by atoms with Crippen molar-refractivity contribution in [3.8, 4) is 6.07 Å². The molecule has 0 fully saturated rings. The quantitative estimate of drug-likeness (QED) is 0.833. The second-order valence-corrected chi connectivity index (χ2v) is 4.42. The molecule has 89 valence electrons. The van der Waals surface area contributed by atoms with Crippen LogP contribution < -0.4 is 5.73 Å². The van der Waals surface area contributed by atoms with Gasteiger partial charge in [0.05, 0.1) is 11.6 Å². The Morgan fingerprint density at radius 1 is 1.76 bits per heavy atom. The number of carbonyl (C=O) groups is 1. The number of primary amides is 1. The summed E-state index contributed by atoms with van der Waals surface area (Å²) in [5.74, 6) is -1.28. The van der Waals surface area contributed by atoms with Crippen molar-refractivity contribution in [1.82, 2.24) is 0 Å². The molecule has 1 rings (SSSR count). The number of carbonyl (C=O) groups excluding carboxylic acids is 1. The predicted octanol–water partition coefficient (Wildman–Crippen LogP) is 1.91. The summed E-state index contributed by atoms with van der Waals surface area (Å²) in [7, 11) is 0.